The number of benzene rings is 2. The van der Waals surface area contributed by atoms with E-state index in [1.165, 1.54) is 12.0 Å². The summed E-state index contributed by atoms with van der Waals surface area (Å²) < 4.78 is 4.93. The van der Waals surface area contributed by atoms with Crippen LogP contribution in [0.25, 0.3) is 10.8 Å². The molecule has 0 radical (unpaired) electrons. The Balaban J connectivity index is 1.75. The number of carbonyl (C=O) groups is 3. The number of fused-ring (bicyclic) bond motifs is 1. The number of rotatable bonds is 9. The lowest BCUT2D eigenvalue weighted by Crippen LogP contribution is -2.58. The van der Waals surface area contributed by atoms with E-state index in [-0.39, 0.29) is 12.3 Å². The van der Waals surface area contributed by atoms with Crippen molar-refractivity contribution in [2.24, 2.45) is 11.5 Å². The van der Waals surface area contributed by atoms with Crippen LogP contribution in [0.2, 0.25) is 0 Å². The first-order chi connectivity index (χ1) is 15.8. The summed E-state index contributed by atoms with van der Waals surface area (Å²) >= 11 is 0. The van der Waals surface area contributed by atoms with Crippen LogP contribution in [-0.2, 0) is 25.5 Å². The summed E-state index contributed by atoms with van der Waals surface area (Å²) in [4.78, 5) is 40.0. The summed E-state index contributed by atoms with van der Waals surface area (Å²) in [6.45, 7) is 2.40. The number of hydrogen-bond acceptors (Lipinski definition) is 6. The lowest BCUT2D eigenvalue weighted by molar-refractivity contribution is -0.146. The molecule has 8 nitrogen and oxygen atoms in total. The van der Waals surface area contributed by atoms with Crippen LogP contribution < -0.4 is 16.8 Å². The van der Waals surface area contributed by atoms with Crippen molar-refractivity contribution in [3.8, 4) is 0 Å². The lowest BCUT2D eigenvalue weighted by Gasteiger charge is -2.29. The van der Waals surface area contributed by atoms with Crippen molar-refractivity contribution in [3.05, 3.63) is 48.0 Å². The molecule has 1 fully saturated rings. The zero-order valence-electron chi connectivity index (χ0n) is 19.3. The van der Waals surface area contributed by atoms with Gasteiger partial charge < -0.3 is 26.4 Å². The Labute approximate surface area is 194 Å². The summed E-state index contributed by atoms with van der Waals surface area (Å²) in [7, 11) is 1.28. The Morgan fingerprint density at radius 3 is 2.61 bits per heavy atom. The van der Waals surface area contributed by atoms with Crippen LogP contribution in [0, 0.1) is 0 Å². The fraction of sp³-hybridized carbons (Fsp3) is 0.480. The predicted octanol–water partition coefficient (Wildman–Crippen LogP) is 1.49. The smallest absolute Gasteiger partial charge is 0.328 e. The van der Waals surface area contributed by atoms with Gasteiger partial charge in [0.1, 0.15) is 12.1 Å². The van der Waals surface area contributed by atoms with Crippen LogP contribution in [0.15, 0.2) is 42.5 Å². The second-order valence-electron chi connectivity index (χ2n) is 8.65. The maximum absolute atomic E-state index is 13.2. The Morgan fingerprint density at radius 2 is 1.91 bits per heavy atom. The molecule has 3 rings (SSSR count). The minimum atomic E-state index is -0.901. The van der Waals surface area contributed by atoms with E-state index < -0.39 is 36.0 Å². The van der Waals surface area contributed by atoms with Gasteiger partial charge in [0.25, 0.3) is 0 Å². The highest BCUT2D eigenvalue weighted by molar-refractivity contribution is 5.93. The van der Waals surface area contributed by atoms with E-state index in [1.54, 1.807) is 0 Å². The average molecular weight is 455 g/mol. The SMILES string of the molecule is CCCCC(N)C(=O)N1CCC(N)C1C(=O)NC(Cc1ccc2ccccc2c1)C(=O)OC. The minimum Gasteiger partial charge on any atom is -0.467 e. The molecule has 0 aliphatic carbocycles. The summed E-state index contributed by atoms with van der Waals surface area (Å²) in [5, 5.41) is 4.91. The van der Waals surface area contributed by atoms with Crippen molar-refractivity contribution in [2.75, 3.05) is 13.7 Å². The quantitative estimate of drug-likeness (QED) is 0.493. The highest BCUT2D eigenvalue weighted by Crippen LogP contribution is 2.20. The first kappa shape index (κ1) is 24.7. The first-order valence-corrected chi connectivity index (χ1v) is 11.5. The summed E-state index contributed by atoms with van der Waals surface area (Å²) in [6, 6.07) is 10.9. The van der Waals surface area contributed by atoms with E-state index in [0.29, 0.717) is 19.4 Å². The van der Waals surface area contributed by atoms with Crippen molar-refractivity contribution in [1.29, 1.82) is 0 Å². The molecule has 5 N–H and O–H groups in total. The van der Waals surface area contributed by atoms with Gasteiger partial charge in [-0.1, -0.05) is 62.2 Å². The number of likely N-dealkylation sites (tertiary alicyclic amines) is 1. The number of methoxy groups -OCH3 is 1. The van der Waals surface area contributed by atoms with E-state index in [4.69, 9.17) is 16.2 Å². The van der Waals surface area contributed by atoms with Gasteiger partial charge in [-0.25, -0.2) is 4.79 Å². The van der Waals surface area contributed by atoms with Crippen molar-refractivity contribution < 1.29 is 19.1 Å². The van der Waals surface area contributed by atoms with E-state index in [9.17, 15) is 14.4 Å². The minimum absolute atomic E-state index is 0.259. The Bertz CT molecular complexity index is 995. The topological polar surface area (TPSA) is 128 Å². The number of unbranched alkanes of at least 4 members (excludes halogenated alkanes) is 1. The number of nitrogens with zero attached hydrogens (tertiary/aromatic N) is 1. The molecule has 1 aliphatic heterocycles. The van der Waals surface area contributed by atoms with Gasteiger partial charge in [0, 0.05) is 19.0 Å². The van der Waals surface area contributed by atoms with E-state index in [2.05, 4.69) is 5.32 Å². The first-order valence-electron chi connectivity index (χ1n) is 11.5. The molecule has 2 aromatic carbocycles. The molecule has 0 spiro atoms. The monoisotopic (exact) mass is 454 g/mol. The van der Waals surface area contributed by atoms with Gasteiger partial charge in [-0.15, -0.1) is 0 Å². The van der Waals surface area contributed by atoms with Gasteiger partial charge in [-0.3, -0.25) is 9.59 Å². The average Bonchev–Trinajstić information content (AvgIpc) is 3.22. The van der Waals surface area contributed by atoms with Crippen LogP contribution in [-0.4, -0.2) is 60.5 Å². The third kappa shape index (κ3) is 5.89. The molecule has 178 valence electrons. The fourth-order valence-electron chi connectivity index (χ4n) is 4.35. The third-order valence-electron chi connectivity index (χ3n) is 6.24. The molecule has 0 saturated carbocycles. The largest absolute Gasteiger partial charge is 0.467 e. The van der Waals surface area contributed by atoms with Gasteiger partial charge in [0.15, 0.2) is 0 Å². The molecule has 0 bridgehead atoms. The molecule has 4 unspecified atom stereocenters. The van der Waals surface area contributed by atoms with Crippen molar-refractivity contribution in [2.45, 2.75) is 63.2 Å². The maximum atomic E-state index is 13.2. The number of esters is 1. The molecule has 8 heteroatoms. The zero-order valence-corrected chi connectivity index (χ0v) is 19.3. The second-order valence-corrected chi connectivity index (χ2v) is 8.65. The molecule has 2 aromatic rings. The molecule has 2 amide bonds. The van der Waals surface area contributed by atoms with Crippen molar-refractivity contribution >= 4 is 28.6 Å². The van der Waals surface area contributed by atoms with Gasteiger partial charge >= 0.3 is 5.97 Å². The molecular formula is C25H34N4O4. The van der Waals surface area contributed by atoms with Crippen LogP contribution in [0.5, 0.6) is 0 Å². The van der Waals surface area contributed by atoms with Gasteiger partial charge in [0.2, 0.25) is 11.8 Å². The van der Waals surface area contributed by atoms with Crippen molar-refractivity contribution in [1.82, 2.24) is 10.2 Å². The Kier molecular flexibility index (Phi) is 8.41. The maximum Gasteiger partial charge on any atom is 0.328 e. The lowest BCUT2D eigenvalue weighted by atomic mass is 10.0. The number of ether oxygens (including phenoxy) is 1. The highest BCUT2D eigenvalue weighted by Gasteiger charge is 2.42. The van der Waals surface area contributed by atoms with Gasteiger partial charge in [-0.05, 0) is 29.2 Å². The van der Waals surface area contributed by atoms with Crippen LogP contribution >= 0.6 is 0 Å². The summed E-state index contributed by atoms with van der Waals surface area (Å²) in [6.07, 6.45) is 3.08. The number of nitrogens with one attached hydrogen (secondary N) is 1. The van der Waals surface area contributed by atoms with Crippen LogP contribution in [0.1, 0.15) is 38.2 Å². The fourth-order valence-corrected chi connectivity index (χ4v) is 4.35. The van der Waals surface area contributed by atoms with Gasteiger partial charge in [-0.2, -0.15) is 0 Å². The van der Waals surface area contributed by atoms with Crippen molar-refractivity contribution in [3.63, 3.8) is 0 Å². The van der Waals surface area contributed by atoms with Crippen LogP contribution in [0.4, 0.5) is 0 Å². The standard InChI is InChI=1S/C25H34N4O4/c1-3-4-9-20(27)24(31)29-13-12-19(26)22(29)23(30)28-21(25(32)33-2)15-16-10-11-17-7-5-6-8-18(17)14-16/h5-8,10-11,14,19-22H,3-4,9,12-13,15,26-27H2,1-2H3,(H,28,30). The van der Waals surface area contributed by atoms with E-state index in [1.807, 2.05) is 49.4 Å². The second kappa shape index (κ2) is 11.2. The number of nitrogens with two attached hydrogens (primary N) is 2. The third-order valence-corrected chi connectivity index (χ3v) is 6.24. The molecular weight excluding hydrogens is 420 g/mol. The van der Waals surface area contributed by atoms with E-state index in [0.717, 1.165) is 29.2 Å². The predicted molar refractivity (Wildman–Crippen MR) is 127 cm³/mol. The summed E-state index contributed by atoms with van der Waals surface area (Å²) in [5.74, 6) is -1.30. The molecule has 1 aliphatic rings. The Hall–Kier alpha value is -2.97. The number of hydrogen-bond donors (Lipinski definition) is 3. The van der Waals surface area contributed by atoms with Gasteiger partial charge in [0.05, 0.1) is 13.2 Å². The highest BCUT2D eigenvalue weighted by atomic mass is 16.5. The molecule has 4 atom stereocenters. The molecule has 1 saturated heterocycles. The zero-order chi connectivity index (χ0) is 24.0. The molecule has 1 heterocycles. The molecule has 0 aromatic heterocycles. The summed E-state index contributed by atoms with van der Waals surface area (Å²) in [5.41, 5.74) is 13.2. The van der Waals surface area contributed by atoms with E-state index >= 15 is 0 Å². The number of carbonyl (C=O) groups excluding carboxylic acids is 3. The van der Waals surface area contributed by atoms with Crippen LogP contribution in [0.3, 0.4) is 0 Å². The molecule has 33 heavy (non-hydrogen) atoms. The Morgan fingerprint density at radius 1 is 1.18 bits per heavy atom. The normalized spacial score (nSPS) is 19.8. The number of amides is 2.